The Morgan fingerprint density at radius 3 is 2.65 bits per heavy atom. The van der Waals surface area contributed by atoms with Crippen LogP contribution >= 0.6 is 24.8 Å². The molecule has 0 aromatic carbocycles. The normalized spacial score (nSPS) is 14.7. The molecule has 1 saturated heterocycles. The molecule has 2 heterocycles. The molecule has 26 heavy (non-hydrogen) atoms. The van der Waals surface area contributed by atoms with E-state index in [0.29, 0.717) is 17.9 Å². The predicted molar refractivity (Wildman–Crippen MR) is 97.0 cm³/mol. The monoisotopic (exact) mass is 417 g/mol. The smallest absolute Gasteiger partial charge is 0.422 e. The van der Waals surface area contributed by atoms with Crippen LogP contribution in [0.4, 0.5) is 13.2 Å². The number of alkyl halides is 3. The molecular formula is C16H24Cl2F3N3O2. The van der Waals surface area contributed by atoms with E-state index >= 15 is 0 Å². The second-order valence-corrected chi connectivity index (χ2v) is 5.91. The van der Waals surface area contributed by atoms with Crippen LogP contribution in [0, 0.1) is 5.92 Å². The number of nitrogens with zero attached hydrogens (tertiary/aromatic N) is 1. The molecule has 1 aliphatic heterocycles. The van der Waals surface area contributed by atoms with Gasteiger partial charge >= 0.3 is 6.18 Å². The Morgan fingerprint density at radius 2 is 2.00 bits per heavy atom. The van der Waals surface area contributed by atoms with E-state index in [1.54, 1.807) is 6.07 Å². The van der Waals surface area contributed by atoms with Crippen LogP contribution in [0.1, 0.15) is 31.2 Å². The van der Waals surface area contributed by atoms with Gasteiger partial charge in [-0.15, -0.1) is 24.8 Å². The number of ether oxygens (including phenoxy) is 1. The Bertz CT molecular complexity index is 542. The molecule has 0 bridgehead atoms. The molecule has 0 spiro atoms. The first-order chi connectivity index (χ1) is 11.4. The van der Waals surface area contributed by atoms with Crippen LogP contribution in [0.5, 0.6) is 5.88 Å². The molecule has 1 aromatic heterocycles. The maximum atomic E-state index is 12.1. The van der Waals surface area contributed by atoms with E-state index < -0.39 is 12.8 Å². The topological polar surface area (TPSA) is 63.2 Å². The number of hydrogen-bond donors (Lipinski definition) is 2. The van der Waals surface area contributed by atoms with Crippen LogP contribution in [0.15, 0.2) is 18.3 Å². The van der Waals surface area contributed by atoms with Gasteiger partial charge in [0.25, 0.3) is 0 Å². The standard InChI is InChI=1S/C16H22F3N3O2.2ClH/c17-16(18,19)11-24-15-9-13(5-8-21-15)10-22-14(23)2-1-12-3-6-20-7-4-12;;/h5,8-9,12,20H,1-4,6-7,10-11H2,(H,22,23);2*1H. The van der Waals surface area contributed by atoms with Gasteiger partial charge in [0.15, 0.2) is 6.61 Å². The molecule has 1 fully saturated rings. The first-order valence-electron chi connectivity index (χ1n) is 8.04. The van der Waals surface area contributed by atoms with Crippen LogP contribution in [-0.4, -0.2) is 36.8 Å². The van der Waals surface area contributed by atoms with Crippen molar-refractivity contribution in [2.45, 2.75) is 38.4 Å². The fraction of sp³-hybridized carbons (Fsp3) is 0.625. The maximum absolute atomic E-state index is 12.1. The quantitative estimate of drug-likeness (QED) is 0.714. The zero-order valence-electron chi connectivity index (χ0n) is 14.2. The van der Waals surface area contributed by atoms with Gasteiger partial charge in [-0.05, 0) is 49.9 Å². The van der Waals surface area contributed by atoms with E-state index in [-0.39, 0.29) is 43.1 Å². The van der Waals surface area contributed by atoms with E-state index in [0.717, 1.165) is 32.4 Å². The summed E-state index contributed by atoms with van der Waals surface area (Å²) in [6, 6.07) is 3.03. The Hall–Kier alpha value is -1.25. The largest absolute Gasteiger partial charge is 0.468 e. The third-order valence-corrected chi connectivity index (χ3v) is 3.91. The second-order valence-electron chi connectivity index (χ2n) is 5.91. The fourth-order valence-electron chi connectivity index (χ4n) is 2.59. The van der Waals surface area contributed by atoms with Gasteiger partial charge in [-0.25, -0.2) is 4.98 Å². The molecular weight excluding hydrogens is 394 g/mol. The average Bonchev–Trinajstić information content (AvgIpc) is 2.57. The molecule has 0 saturated carbocycles. The summed E-state index contributed by atoms with van der Waals surface area (Å²) in [7, 11) is 0. The number of aromatic nitrogens is 1. The molecule has 0 unspecified atom stereocenters. The van der Waals surface area contributed by atoms with Crippen LogP contribution in [-0.2, 0) is 11.3 Å². The lowest BCUT2D eigenvalue weighted by molar-refractivity contribution is -0.154. The van der Waals surface area contributed by atoms with Gasteiger partial charge in [-0.1, -0.05) is 0 Å². The van der Waals surface area contributed by atoms with Crippen molar-refractivity contribution in [1.29, 1.82) is 0 Å². The SMILES string of the molecule is Cl.Cl.O=C(CCC1CCNCC1)NCc1ccnc(OCC(F)(F)F)c1. The van der Waals surface area contributed by atoms with Crippen molar-refractivity contribution < 1.29 is 22.7 Å². The number of hydrogen-bond acceptors (Lipinski definition) is 4. The molecule has 0 aliphatic carbocycles. The number of piperidine rings is 1. The summed E-state index contributed by atoms with van der Waals surface area (Å²) < 4.78 is 41.0. The highest BCUT2D eigenvalue weighted by molar-refractivity contribution is 5.85. The Morgan fingerprint density at radius 1 is 1.31 bits per heavy atom. The molecule has 2 rings (SSSR count). The number of rotatable bonds is 7. The molecule has 1 aromatic rings. The fourth-order valence-corrected chi connectivity index (χ4v) is 2.59. The summed E-state index contributed by atoms with van der Waals surface area (Å²) in [4.78, 5) is 15.6. The molecule has 5 nitrogen and oxygen atoms in total. The first-order valence-corrected chi connectivity index (χ1v) is 8.04. The van der Waals surface area contributed by atoms with Crippen molar-refractivity contribution in [3.8, 4) is 5.88 Å². The number of nitrogens with one attached hydrogen (secondary N) is 2. The number of carbonyl (C=O) groups is 1. The highest BCUT2D eigenvalue weighted by atomic mass is 35.5. The summed E-state index contributed by atoms with van der Waals surface area (Å²) >= 11 is 0. The summed E-state index contributed by atoms with van der Waals surface area (Å²) in [6.45, 7) is 0.871. The molecule has 1 aliphatic rings. The highest BCUT2D eigenvalue weighted by Gasteiger charge is 2.28. The Kier molecular flexibility index (Phi) is 11.6. The van der Waals surface area contributed by atoms with Crippen LogP contribution < -0.4 is 15.4 Å². The summed E-state index contributed by atoms with van der Waals surface area (Å²) in [5.41, 5.74) is 0.650. The van der Waals surface area contributed by atoms with Gasteiger partial charge in [0.2, 0.25) is 11.8 Å². The van der Waals surface area contributed by atoms with Gasteiger partial charge in [-0.3, -0.25) is 4.79 Å². The van der Waals surface area contributed by atoms with Crippen molar-refractivity contribution in [2.75, 3.05) is 19.7 Å². The van der Waals surface area contributed by atoms with Crippen molar-refractivity contribution >= 4 is 30.7 Å². The van der Waals surface area contributed by atoms with Gasteiger partial charge in [0, 0.05) is 25.2 Å². The minimum absolute atomic E-state index is 0. The molecule has 2 N–H and O–H groups in total. The highest BCUT2D eigenvalue weighted by Crippen LogP contribution is 2.18. The van der Waals surface area contributed by atoms with Crippen LogP contribution in [0.2, 0.25) is 0 Å². The third-order valence-electron chi connectivity index (χ3n) is 3.91. The van der Waals surface area contributed by atoms with E-state index in [2.05, 4.69) is 20.4 Å². The zero-order chi connectivity index (χ0) is 17.4. The number of pyridine rings is 1. The first kappa shape index (κ1) is 24.8. The molecule has 150 valence electrons. The number of carbonyl (C=O) groups excluding carboxylic acids is 1. The molecule has 10 heteroatoms. The van der Waals surface area contributed by atoms with E-state index in [1.807, 2.05) is 0 Å². The average molecular weight is 418 g/mol. The summed E-state index contributed by atoms with van der Waals surface area (Å²) in [5, 5.41) is 6.06. The molecule has 0 radical (unpaired) electrons. The van der Waals surface area contributed by atoms with Gasteiger partial charge in [0.1, 0.15) is 0 Å². The van der Waals surface area contributed by atoms with Crippen LogP contribution in [0.25, 0.3) is 0 Å². The Balaban J connectivity index is 0.00000312. The minimum atomic E-state index is -4.40. The number of amides is 1. The Labute approximate surface area is 163 Å². The zero-order valence-corrected chi connectivity index (χ0v) is 15.8. The third kappa shape index (κ3) is 10.0. The lowest BCUT2D eigenvalue weighted by atomic mass is 9.93. The van der Waals surface area contributed by atoms with Crippen molar-refractivity contribution in [2.24, 2.45) is 5.92 Å². The van der Waals surface area contributed by atoms with Crippen molar-refractivity contribution in [3.63, 3.8) is 0 Å². The van der Waals surface area contributed by atoms with Gasteiger partial charge in [0.05, 0.1) is 0 Å². The summed E-state index contributed by atoms with van der Waals surface area (Å²) in [5.74, 6) is 0.428. The molecule has 1 amide bonds. The lowest BCUT2D eigenvalue weighted by Gasteiger charge is -2.22. The van der Waals surface area contributed by atoms with Crippen molar-refractivity contribution in [1.82, 2.24) is 15.6 Å². The van der Waals surface area contributed by atoms with E-state index in [9.17, 15) is 18.0 Å². The maximum Gasteiger partial charge on any atom is 0.422 e. The van der Waals surface area contributed by atoms with Crippen molar-refractivity contribution in [3.05, 3.63) is 23.9 Å². The van der Waals surface area contributed by atoms with Gasteiger partial charge in [-0.2, -0.15) is 13.2 Å². The van der Waals surface area contributed by atoms with E-state index in [1.165, 1.54) is 12.3 Å². The van der Waals surface area contributed by atoms with Crippen LogP contribution in [0.3, 0.4) is 0 Å². The number of halogens is 5. The summed E-state index contributed by atoms with van der Waals surface area (Å²) in [6.07, 6.45) is 0.481. The minimum Gasteiger partial charge on any atom is -0.468 e. The predicted octanol–water partition coefficient (Wildman–Crippen LogP) is 3.26. The second kappa shape index (κ2) is 12.2. The van der Waals surface area contributed by atoms with E-state index in [4.69, 9.17) is 0 Å². The van der Waals surface area contributed by atoms with Gasteiger partial charge < -0.3 is 15.4 Å². The lowest BCUT2D eigenvalue weighted by Crippen LogP contribution is -2.29. The molecule has 0 atom stereocenters.